The van der Waals surface area contributed by atoms with Crippen LogP contribution in [0, 0.1) is 5.82 Å². The van der Waals surface area contributed by atoms with Crippen LogP contribution in [0.5, 0.6) is 0 Å². The van der Waals surface area contributed by atoms with E-state index in [0.717, 1.165) is 18.8 Å². The van der Waals surface area contributed by atoms with E-state index in [-0.39, 0.29) is 11.4 Å². The molecule has 3 rings (SSSR count). The quantitative estimate of drug-likeness (QED) is 0.888. The number of benzene rings is 1. The molecule has 1 aliphatic rings. The molecule has 1 aromatic carbocycles. The Hall–Kier alpha value is -1.66. The smallest absolute Gasteiger partial charge is 0.291 e. The van der Waals surface area contributed by atoms with Crippen LogP contribution in [0.4, 0.5) is 10.1 Å². The van der Waals surface area contributed by atoms with Gasteiger partial charge in [0.25, 0.3) is 5.91 Å². The first-order valence-corrected chi connectivity index (χ1v) is 7.98. The minimum Gasteiger partial charge on any atom is -0.455 e. The molecular formula is C16H16BrFN2O2. The van der Waals surface area contributed by atoms with Crippen LogP contribution in [0.15, 0.2) is 39.2 Å². The van der Waals surface area contributed by atoms with E-state index in [2.05, 4.69) is 26.1 Å². The summed E-state index contributed by atoms with van der Waals surface area (Å²) in [6.07, 6.45) is 2.41. The summed E-state index contributed by atoms with van der Waals surface area (Å²) in [6.45, 7) is 2.83. The van der Waals surface area contributed by atoms with Gasteiger partial charge in [-0.1, -0.05) is 15.9 Å². The second kappa shape index (κ2) is 6.62. The molecule has 0 spiro atoms. The fraction of sp³-hybridized carbons (Fsp3) is 0.312. The van der Waals surface area contributed by atoms with Crippen molar-refractivity contribution in [3.8, 4) is 0 Å². The molecule has 4 nitrogen and oxygen atoms in total. The number of anilines is 1. The Bertz CT molecular complexity index is 681. The van der Waals surface area contributed by atoms with E-state index in [1.54, 1.807) is 18.2 Å². The minimum atomic E-state index is -0.494. The molecule has 1 fully saturated rings. The first-order chi connectivity index (χ1) is 10.6. The van der Waals surface area contributed by atoms with Crippen molar-refractivity contribution in [2.45, 2.75) is 19.4 Å². The second-order valence-electron chi connectivity index (χ2n) is 5.33. The average molecular weight is 367 g/mol. The number of amides is 1. The van der Waals surface area contributed by atoms with Gasteiger partial charge in [-0.2, -0.15) is 0 Å². The zero-order valence-corrected chi connectivity index (χ0v) is 13.5. The Morgan fingerprint density at radius 3 is 2.77 bits per heavy atom. The van der Waals surface area contributed by atoms with Crippen molar-refractivity contribution in [2.75, 3.05) is 18.4 Å². The Morgan fingerprint density at radius 2 is 2.05 bits per heavy atom. The highest BCUT2D eigenvalue weighted by atomic mass is 79.9. The third-order valence-electron chi connectivity index (χ3n) is 3.64. The summed E-state index contributed by atoms with van der Waals surface area (Å²) >= 11 is 3.18. The number of carbonyl (C=O) groups is 1. The maximum absolute atomic E-state index is 13.7. The average Bonchev–Trinajstić information content (AvgIpc) is 3.14. The van der Waals surface area contributed by atoms with E-state index in [0.29, 0.717) is 11.0 Å². The molecule has 1 aromatic heterocycles. The molecule has 1 N–H and O–H groups in total. The van der Waals surface area contributed by atoms with Crippen molar-refractivity contribution in [3.63, 3.8) is 0 Å². The molecule has 1 saturated heterocycles. The molecule has 0 radical (unpaired) electrons. The van der Waals surface area contributed by atoms with E-state index in [4.69, 9.17) is 4.42 Å². The number of rotatable bonds is 4. The van der Waals surface area contributed by atoms with E-state index >= 15 is 0 Å². The number of carbonyl (C=O) groups excluding carboxylic acids is 1. The van der Waals surface area contributed by atoms with Crippen LogP contribution in [0.1, 0.15) is 29.2 Å². The Labute approximate surface area is 136 Å². The summed E-state index contributed by atoms with van der Waals surface area (Å²) in [5.41, 5.74) is 0.130. The van der Waals surface area contributed by atoms with Crippen molar-refractivity contribution in [2.24, 2.45) is 0 Å². The normalized spacial score (nSPS) is 15.2. The lowest BCUT2D eigenvalue weighted by Gasteiger charge is -2.11. The first kappa shape index (κ1) is 15.2. The van der Waals surface area contributed by atoms with Gasteiger partial charge in [0, 0.05) is 4.47 Å². The van der Waals surface area contributed by atoms with Crippen LogP contribution in [-0.2, 0) is 6.54 Å². The fourth-order valence-electron chi connectivity index (χ4n) is 2.52. The van der Waals surface area contributed by atoms with E-state index < -0.39 is 11.7 Å². The third-order valence-corrected chi connectivity index (χ3v) is 4.14. The molecular weight excluding hydrogens is 351 g/mol. The van der Waals surface area contributed by atoms with Crippen molar-refractivity contribution < 1.29 is 13.6 Å². The van der Waals surface area contributed by atoms with Crippen LogP contribution >= 0.6 is 15.9 Å². The molecule has 0 bridgehead atoms. The maximum atomic E-state index is 13.7. The lowest BCUT2D eigenvalue weighted by molar-refractivity contribution is 0.0993. The molecule has 1 aliphatic heterocycles. The van der Waals surface area contributed by atoms with Gasteiger partial charge < -0.3 is 9.73 Å². The monoisotopic (exact) mass is 366 g/mol. The van der Waals surface area contributed by atoms with Gasteiger partial charge >= 0.3 is 0 Å². The van der Waals surface area contributed by atoms with Gasteiger partial charge in [0.2, 0.25) is 0 Å². The van der Waals surface area contributed by atoms with E-state index in [1.807, 2.05) is 0 Å². The summed E-state index contributed by atoms with van der Waals surface area (Å²) in [4.78, 5) is 14.4. The highest BCUT2D eigenvalue weighted by Crippen LogP contribution is 2.21. The molecule has 0 aliphatic carbocycles. The number of furan rings is 1. The van der Waals surface area contributed by atoms with Crippen molar-refractivity contribution in [1.29, 1.82) is 0 Å². The van der Waals surface area contributed by atoms with Gasteiger partial charge in [0.15, 0.2) is 5.76 Å². The van der Waals surface area contributed by atoms with Crippen LogP contribution in [-0.4, -0.2) is 23.9 Å². The Kier molecular flexibility index (Phi) is 4.59. The molecule has 0 unspecified atom stereocenters. The summed E-state index contributed by atoms with van der Waals surface area (Å²) in [5.74, 6) is 0.000287. The standard InChI is InChI=1S/C16H16BrFN2O2/c17-11-3-5-14(13(18)9-11)19-16(21)15-6-4-12(22-15)10-20-7-1-2-8-20/h3-6,9H,1-2,7-8,10H2,(H,19,21). The van der Waals surface area contributed by atoms with Gasteiger partial charge in [-0.25, -0.2) is 4.39 Å². The number of nitrogens with zero attached hydrogens (tertiary/aromatic N) is 1. The predicted octanol–water partition coefficient (Wildman–Crippen LogP) is 4.03. The molecule has 22 heavy (non-hydrogen) atoms. The zero-order valence-electron chi connectivity index (χ0n) is 11.9. The topological polar surface area (TPSA) is 45.5 Å². The highest BCUT2D eigenvalue weighted by Gasteiger charge is 2.17. The Balaban J connectivity index is 1.65. The van der Waals surface area contributed by atoms with Gasteiger partial charge in [-0.15, -0.1) is 0 Å². The molecule has 1 amide bonds. The summed E-state index contributed by atoms with van der Waals surface area (Å²) in [6, 6.07) is 7.89. The summed E-state index contributed by atoms with van der Waals surface area (Å²) in [7, 11) is 0. The van der Waals surface area contributed by atoms with Crippen LogP contribution in [0.25, 0.3) is 0 Å². The molecule has 6 heteroatoms. The number of halogens is 2. The molecule has 0 atom stereocenters. The third kappa shape index (κ3) is 3.56. The highest BCUT2D eigenvalue weighted by molar-refractivity contribution is 9.10. The number of likely N-dealkylation sites (tertiary alicyclic amines) is 1. The van der Waals surface area contributed by atoms with Gasteiger partial charge in [0.05, 0.1) is 12.2 Å². The largest absolute Gasteiger partial charge is 0.455 e. The van der Waals surface area contributed by atoms with Crippen molar-refractivity contribution in [1.82, 2.24) is 4.90 Å². The lowest BCUT2D eigenvalue weighted by atomic mass is 10.3. The minimum absolute atomic E-state index is 0.130. The predicted molar refractivity (Wildman–Crippen MR) is 85.3 cm³/mol. The molecule has 0 saturated carbocycles. The SMILES string of the molecule is O=C(Nc1ccc(Br)cc1F)c1ccc(CN2CCCC2)o1. The number of nitrogens with one attached hydrogen (secondary N) is 1. The van der Waals surface area contributed by atoms with Crippen molar-refractivity contribution in [3.05, 3.63) is 52.1 Å². The van der Waals surface area contributed by atoms with Gasteiger partial charge in [-0.3, -0.25) is 9.69 Å². The molecule has 116 valence electrons. The fourth-order valence-corrected chi connectivity index (χ4v) is 2.85. The Morgan fingerprint density at radius 1 is 1.27 bits per heavy atom. The van der Waals surface area contributed by atoms with Crippen LogP contribution in [0.2, 0.25) is 0 Å². The number of hydrogen-bond acceptors (Lipinski definition) is 3. The van der Waals surface area contributed by atoms with Crippen molar-refractivity contribution >= 4 is 27.5 Å². The maximum Gasteiger partial charge on any atom is 0.291 e. The molecule has 2 aromatic rings. The first-order valence-electron chi connectivity index (χ1n) is 7.19. The molecule has 2 heterocycles. The summed E-state index contributed by atoms with van der Waals surface area (Å²) in [5, 5.41) is 2.52. The number of hydrogen-bond donors (Lipinski definition) is 1. The second-order valence-corrected chi connectivity index (χ2v) is 6.24. The van der Waals surface area contributed by atoms with E-state index in [9.17, 15) is 9.18 Å². The van der Waals surface area contributed by atoms with Gasteiger partial charge in [0.1, 0.15) is 11.6 Å². The zero-order chi connectivity index (χ0) is 15.5. The van der Waals surface area contributed by atoms with Gasteiger partial charge in [-0.05, 0) is 56.3 Å². The van der Waals surface area contributed by atoms with Crippen LogP contribution in [0.3, 0.4) is 0 Å². The summed E-state index contributed by atoms with van der Waals surface area (Å²) < 4.78 is 19.9. The lowest BCUT2D eigenvalue weighted by Crippen LogP contribution is -2.18. The van der Waals surface area contributed by atoms with Crippen LogP contribution < -0.4 is 5.32 Å². The van der Waals surface area contributed by atoms with E-state index in [1.165, 1.54) is 25.0 Å².